The number of nitrogen functional groups attached to an aromatic ring is 2. The molecule has 92 valence electrons. The highest BCUT2D eigenvalue weighted by Gasteiger charge is 2.08. The molecule has 2 aromatic rings. The molecule has 19 heavy (non-hydrogen) atoms. The first-order valence-electron chi connectivity index (χ1n) is 5.27. The molecule has 1 aromatic carbocycles. The van der Waals surface area contributed by atoms with Gasteiger partial charge in [-0.1, -0.05) is 11.8 Å². The fraction of sp³-hybridized carbons (Fsp3) is 0. The van der Waals surface area contributed by atoms with E-state index < -0.39 is 0 Å². The van der Waals surface area contributed by atoms with Crippen LogP contribution < -0.4 is 16.2 Å². The largest absolute Gasteiger partial charge is 0.450 e. The second kappa shape index (κ2) is 4.99. The van der Waals surface area contributed by atoms with E-state index in [0.717, 1.165) is 0 Å². The number of terminal acetylenes is 2. The van der Waals surface area contributed by atoms with Crippen LogP contribution in [0.3, 0.4) is 0 Å². The summed E-state index contributed by atoms with van der Waals surface area (Å²) in [6.07, 6.45) is 12.1. The van der Waals surface area contributed by atoms with Gasteiger partial charge in [0, 0.05) is 5.56 Å². The van der Waals surface area contributed by atoms with Crippen LogP contribution in [0.5, 0.6) is 11.5 Å². The van der Waals surface area contributed by atoms with E-state index in [4.69, 9.17) is 29.1 Å². The molecule has 0 saturated heterocycles. The molecule has 1 heterocycles. The third kappa shape index (κ3) is 2.56. The van der Waals surface area contributed by atoms with E-state index in [1.165, 1.54) is 6.20 Å². The lowest BCUT2D eigenvalue weighted by Gasteiger charge is -2.09. The van der Waals surface area contributed by atoms with Crippen LogP contribution in [-0.2, 0) is 0 Å². The third-order valence-electron chi connectivity index (χ3n) is 2.33. The molecule has 0 aliphatic carbocycles. The van der Waals surface area contributed by atoms with Crippen LogP contribution in [0.15, 0.2) is 24.4 Å². The Labute approximate surface area is 110 Å². The van der Waals surface area contributed by atoms with E-state index in [2.05, 4.69) is 21.8 Å². The van der Waals surface area contributed by atoms with Gasteiger partial charge in [-0.3, -0.25) is 0 Å². The number of nitrogens with zero attached hydrogens (tertiary/aromatic N) is 2. The van der Waals surface area contributed by atoms with Crippen molar-refractivity contribution in [1.82, 2.24) is 9.97 Å². The van der Waals surface area contributed by atoms with Crippen molar-refractivity contribution in [3.8, 4) is 36.2 Å². The summed E-state index contributed by atoms with van der Waals surface area (Å²) in [5.74, 6) is 5.87. The fourth-order valence-corrected chi connectivity index (χ4v) is 1.41. The predicted molar refractivity (Wildman–Crippen MR) is 73.2 cm³/mol. The van der Waals surface area contributed by atoms with E-state index in [0.29, 0.717) is 16.9 Å². The van der Waals surface area contributed by atoms with Gasteiger partial charge < -0.3 is 16.2 Å². The molecule has 0 spiro atoms. The van der Waals surface area contributed by atoms with Crippen molar-refractivity contribution in [2.45, 2.75) is 0 Å². The molecule has 0 saturated carbocycles. The van der Waals surface area contributed by atoms with Crippen LogP contribution in [0, 0.1) is 24.7 Å². The van der Waals surface area contributed by atoms with Crippen LogP contribution >= 0.6 is 0 Å². The Morgan fingerprint density at radius 1 is 1.11 bits per heavy atom. The molecule has 0 radical (unpaired) electrons. The number of hydrogen-bond donors (Lipinski definition) is 2. The van der Waals surface area contributed by atoms with E-state index >= 15 is 0 Å². The molecule has 1 aromatic heterocycles. The van der Waals surface area contributed by atoms with Crippen molar-refractivity contribution in [3.05, 3.63) is 35.5 Å². The molecule has 5 heteroatoms. The monoisotopic (exact) mass is 250 g/mol. The van der Waals surface area contributed by atoms with Gasteiger partial charge in [-0.2, -0.15) is 4.98 Å². The quantitative estimate of drug-likeness (QED) is 0.786. The second-order valence-corrected chi connectivity index (χ2v) is 3.58. The van der Waals surface area contributed by atoms with Crippen LogP contribution in [-0.4, -0.2) is 9.97 Å². The van der Waals surface area contributed by atoms with Crippen LogP contribution in [0.1, 0.15) is 11.1 Å². The summed E-state index contributed by atoms with van der Waals surface area (Å²) in [7, 11) is 0. The minimum atomic E-state index is 0.0689. The summed E-state index contributed by atoms with van der Waals surface area (Å²) in [5.41, 5.74) is 12.3. The maximum absolute atomic E-state index is 5.68. The number of hydrogen-bond acceptors (Lipinski definition) is 5. The Balaban J connectivity index is 2.43. The van der Waals surface area contributed by atoms with Crippen molar-refractivity contribution in [1.29, 1.82) is 0 Å². The van der Waals surface area contributed by atoms with Crippen LogP contribution in [0.4, 0.5) is 11.8 Å². The second-order valence-electron chi connectivity index (χ2n) is 3.58. The molecule has 0 atom stereocenters. The number of anilines is 2. The van der Waals surface area contributed by atoms with E-state index in [9.17, 15) is 0 Å². The molecule has 0 aliphatic heterocycles. The average molecular weight is 250 g/mol. The fourth-order valence-electron chi connectivity index (χ4n) is 1.41. The van der Waals surface area contributed by atoms with Crippen molar-refractivity contribution in [2.24, 2.45) is 0 Å². The Bertz CT molecular complexity index is 710. The average Bonchev–Trinajstić information content (AvgIpc) is 2.41. The minimum absolute atomic E-state index is 0.0689. The first-order chi connectivity index (χ1) is 9.13. The number of rotatable bonds is 2. The van der Waals surface area contributed by atoms with Gasteiger partial charge in [-0.05, 0) is 18.2 Å². The van der Waals surface area contributed by atoms with Gasteiger partial charge in [0.05, 0.1) is 11.8 Å². The number of aromatic nitrogens is 2. The van der Waals surface area contributed by atoms with E-state index in [-0.39, 0.29) is 17.5 Å². The standard InChI is InChI=1S/C14H10N4O/c1-3-9-5-6-10(4-2)11(7-9)19-12-8-17-14(16)18-13(12)15/h1-2,5-8H,(H4,15,16,17,18). The molecular weight excluding hydrogens is 240 g/mol. The maximum atomic E-state index is 5.68. The Morgan fingerprint density at radius 2 is 1.89 bits per heavy atom. The Hall–Kier alpha value is -3.18. The topological polar surface area (TPSA) is 87.0 Å². The molecule has 0 unspecified atom stereocenters. The van der Waals surface area contributed by atoms with Crippen LogP contribution in [0.25, 0.3) is 0 Å². The summed E-state index contributed by atoms with van der Waals surface area (Å²) in [6.45, 7) is 0. The zero-order valence-corrected chi connectivity index (χ0v) is 9.92. The molecule has 0 fully saturated rings. The normalized spacial score (nSPS) is 9.37. The highest BCUT2D eigenvalue weighted by Crippen LogP contribution is 2.28. The third-order valence-corrected chi connectivity index (χ3v) is 2.33. The lowest BCUT2D eigenvalue weighted by Crippen LogP contribution is -2.01. The Morgan fingerprint density at radius 3 is 2.53 bits per heavy atom. The van der Waals surface area contributed by atoms with Gasteiger partial charge in [0.2, 0.25) is 5.95 Å². The highest BCUT2D eigenvalue weighted by atomic mass is 16.5. The molecule has 2 rings (SSSR count). The van der Waals surface area contributed by atoms with Gasteiger partial charge in [0.1, 0.15) is 5.75 Å². The lowest BCUT2D eigenvalue weighted by atomic mass is 10.1. The number of ether oxygens (including phenoxy) is 1. The van der Waals surface area contributed by atoms with Gasteiger partial charge in [0.15, 0.2) is 11.6 Å². The molecule has 5 nitrogen and oxygen atoms in total. The van der Waals surface area contributed by atoms with Gasteiger partial charge in [-0.25, -0.2) is 4.98 Å². The molecule has 0 bridgehead atoms. The van der Waals surface area contributed by atoms with Crippen molar-refractivity contribution in [3.63, 3.8) is 0 Å². The lowest BCUT2D eigenvalue weighted by molar-refractivity contribution is 0.479. The van der Waals surface area contributed by atoms with Gasteiger partial charge >= 0.3 is 0 Å². The van der Waals surface area contributed by atoms with Crippen molar-refractivity contribution < 1.29 is 4.74 Å². The predicted octanol–water partition coefficient (Wildman–Crippen LogP) is 1.40. The van der Waals surface area contributed by atoms with Crippen molar-refractivity contribution in [2.75, 3.05) is 11.5 Å². The number of benzene rings is 1. The molecule has 0 aliphatic rings. The smallest absolute Gasteiger partial charge is 0.222 e. The Kier molecular flexibility index (Phi) is 3.22. The summed E-state index contributed by atoms with van der Waals surface area (Å²) in [6, 6.07) is 5.06. The summed E-state index contributed by atoms with van der Waals surface area (Å²) in [4.78, 5) is 7.60. The van der Waals surface area contributed by atoms with E-state index in [1.807, 2.05) is 0 Å². The molecule has 0 amide bonds. The first-order valence-corrected chi connectivity index (χ1v) is 5.27. The maximum Gasteiger partial charge on any atom is 0.222 e. The van der Waals surface area contributed by atoms with Crippen LogP contribution in [0.2, 0.25) is 0 Å². The zero-order valence-electron chi connectivity index (χ0n) is 9.92. The van der Waals surface area contributed by atoms with Crippen molar-refractivity contribution >= 4 is 11.8 Å². The molecule has 4 N–H and O–H groups in total. The minimum Gasteiger partial charge on any atom is -0.450 e. The summed E-state index contributed by atoms with van der Waals surface area (Å²) < 4.78 is 5.59. The SMILES string of the molecule is C#Cc1ccc(C#C)c(Oc2cnc(N)nc2N)c1. The number of nitrogens with two attached hydrogens (primary N) is 2. The summed E-state index contributed by atoms with van der Waals surface area (Å²) >= 11 is 0. The van der Waals surface area contributed by atoms with Gasteiger partial charge in [-0.15, -0.1) is 12.8 Å². The van der Waals surface area contributed by atoms with E-state index in [1.54, 1.807) is 18.2 Å². The summed E-state index contributed by atoms with van der Waals surface area (Å²) in [5, 5.41) is 0. The first kappa shape index (κ1) is 12.3. The highest BCUT2D eigenvalue weighted by molar-refractivity contribution is 5.55. The van der Waals surface area contributed by atoms with Gasteiger partial charge in [0.25, 0.3) is 0 Å². The molecular formula is C14H10N4O. The zero-order chi connectivity index (χ0) is 13.8.